The summed E-state index contributed by atoms with van der Waals surface area (Å²) in [7, 11) is 0. The van der Waals surface area contributed by atoms with E-state index in [9.17, 15) is 28.8 Å². The van der Waals surface area contributed by atoms with Gasteiger partial charge < -0.3 is 20.1 Å². The molecule has 1 atom stereocenters. The summed E-state index contributed by atoms with van der Waals surface area (Å²) in [5.74, 6) is -1.96. The molecule has 4 aliphatic heterocycles. The van der Waals surface area contributed by atoms with Crippen LogP contribution in [0.1, 0.15) is 80.8 Å². The third kappa shape index (κ3) is 7.44. The first-order valence-electron chi connectivity index (χ1n) is 20.0. The number of carbonyl (C=O) groups is 5. The average molecular weight is 798 g/mol. The highest BCUT2D eigenvalue weighted by Gasteiger charge is 2.45. The zero-order valence-corrected chi connectivity index (χ0v) is 32.5. The number of aromatic amines is 1. The highest BCUT2D eigenvalue weighted by Crippen LogP contribution is 2.33. The summed E-state index contributed by atoms with van der Waals surface area (Å²) in [5, 5.41) is 9.62. The Balaban J connectivity index is 0.749. The maximum absolute atomic E-state index is 13.3. The third-order valence-electron chi connectivity index (χ3n) is 11.8. The van der Waals surface area contributed by atoms with E-state index in [2.05, 4.69) is 45.4 Å². The quantitative estimate of drug-likeness (QED) is 0.185. The molecule has 59 heavy (non-hydrogen) atoms. The van der Waals surface area contributed by atoms with E-state index in [-0.39, 0.29) is 41.5 Å². The number of carbonyl (C=O) groups excluding carboxylic acids is 5. The molecule has 1 aromatic carbocycles. The number of piperazine rings is 1. The van der Waals surface area contributed by atoms with E-state index in [1.807, 2.05) is 42.1 Å². The van der Waals surface area contributed by atoms with Gasteiger partial charge in [-0.05, 0) is 73.7 Å². The lowest BCUT2D eigenvalue weighted by Gasteiger charge is -2.36. The first-order chi connectivity index (χ1) is 28.6. The lowest BCUT2D eigenvalue weighted by atomic mass is 10.0. The number of hydrogen-bond donors (Lipinski definition) is 3. The molecule has 1 unspecified atom stereocenters. The molecule has 17 heteroatoms. The fraction of sp³-hybridized carbons (Fsp3) is 0.357. The lowest BCUT2D eigenvalue weighted by molar-refractivity contribution is -0.136. The van der Waals surface area contributed by atoms with Crippen LogP contribution >= 0.6 is 0 Å². The summed E-state index contributed by atoms with van der Waals surface area (Å²) in [5.41, 5.74) is 5.99. The highest BCUT2D eigenvalue weighted by atomic mass is 16.2. The van der Waals surface area contributed by atoms with Gasteiger partial charge in [-0.3, -0.25) is 53.5 Å². The van der Waals surface area contributed by atoms with Crippen molar-refractivity contribution in [1.82, 2.24) is 39.8 Å². The van der Waals surface area contributed by atoms with Gasteiger partial charge in [-0.15, -0.1) is 0 Å². The Morgan fingerprint density at radius 3 is 2.32 bits per heavy atom. The van der Waals surface area contributed by atoms with Gasteiger partial charge in [0.1, 0.15) is 11.9 Å². The summed E-state index contributed by atoms with van der Waals surface area (Å²) in [4.78, 5) is 95.8. The Labute approximate surface area is 338 Å². The van der Waals surface area contributed by atoms with Crippen LogP contribution in [0.5, 0.6) is 0 Å². The van der Waals surface area contributed by atoms with E-state index in [0.717, 1.165) is 84.0 Å². The summed E-state index contributed by atoms with van der Waals surface area (Å²) >= 11 is 0. The molecule has 3 N–H and O–H groups in total. The second-order valence-electron chi connectivity index (χ2n) is 15.5. The van der Waals surface area contributed by atoms with Crippen molar-refractivity contribution in [3.63, 3.8) is 0 Å². The molecule has 4 aromatic heterocycles. The van der Waals surface area contributed by atoms with E-state index in [0.29, 0.717) is 30.9 Å². The van der Waals surface area contributed by atoms with E-state index in [1.54, 1.807) is 36.8 Å². The maximum atomic E-state index is 13.3. The van der Waals surface area contributed by atoms with Gasteiger partial charge >= 0.3 is 0 Å². The van der Waals surface area contributed by atoms with Crippen LogP contribution in [0.4, 0.5) is 17.2 Å². The molecule has 0 bridgehead atoms. The standard InChI is InChI=1S/C42H43N11O6/c1-2-26-18-33-34(46-38(26)55)17-25(20-43-33)23-49-13-15-51(16-14-49)30-4-7-36(44-22-30)47-39(56)27-21-45-52(24-27)28-9-11-50(12-10-28)29-3-5-31-32(19-29)42(59)53(41(31)58)35-6-8-37(54)48-40(35)57/h3-5,7,17-22,24,28,35H,2,6,8-16,23H2,1H3,(H,46,55)(H,44,47,56)(H,48,54,57). The second-order valence-corrected chi connectivity index (χ2v) is 15.5. The van der Waals surface area contributed by atoms with Crippen LogP contribution in [-0.4, -0.2) is 109 Å². The smallest absolute Gasteiger partial charge is 0.262 e. The number of rotatable bonds is 9. The number of aryl methyl sites for hydroxylation is 1. The number of amides is 5. The molecule has 9 rings (SSSR count). The molecular weight excluding hydrogens is 755 g/mol. The van der Waals surface area contributed by atoms with Crippen LogP contribution in [0.25, 0.3) is 11.0 Å². The molecule has 8 heterocycles. The second kappa shape index (κ2) is 15.5. The maximum Gasteiger partial charge on any atom is 0.262 e. The van der Waals surface area contributed by atoms with Crippen molar-refractivity contribution < 1.29 is 24.0 Å². The molecule has 4 aliphatic rings. The Bertz CT molecular complexity index is 2550. The first kappa shape index (κ1) is 37.8. The van der Waals surface area contributed by atoms with Crippen LogP contribution in [0, 0.1) is 0 Å². The number of fused-ring (bicyclic) bond motifs is 2. The Hall–Kier alpha value is -6.75. The number of piperidine rings is 2. The summed E-state index contributed by atoms with van der Waals surface area (Å²) in [6, 6.07) is 11.9. The minimum absolute atomic E-state index is 0.0613. The van der Waals surface area contributed by atoms with E-state index < -0.39 is 29.7 Å². The largest absolute Gasteiger partial charge is 0.371 e. The van der Waals surface area contributed by atoms with Crippen LogP contribution in [-0.2, 0) is 22.6 Å². The Morgan fingerprint density at radius 2 is 1.58 bits per heavy atom. The van der Waals surface area contributed by atoms with Crippen molar-refractivity contribution in [3.8, 4) is 0 Å². The van der Waals surface area contributed by atoms with E-state index in [1.165, 1.54) is 0 Å². The molecule has 3 fully saturated rings. The minimum atomic E-state index is -1.01. The van der Waals surface area contributed by atoms with Crippen molar-refractivity contribution in [2.75, 3.05) is 54.4 Å². The van der Waals surface area contributed by atoms with Gasteiger partial charge in [-0.1, -0.05) is 6.92 Å². The predicted molar refractivity (Wildman–Crippen MR) is 217 cm³/mol. The number of nitrogens with one attached hydrogen (secondary N) is 3. The molecule has 5 aromatic rings. The van der Waals surface area contributed by atoms with Crippen LogP contribution < -0.4 is 26.0 Å². The molecule has 17 nitrogen and oxygen atoms in total. The fourth-order valence-electron chi connectivity index (χ4n) is 8.47. The van der Waals surface area contributed by atoms with Gasteiger partial charge in [-0.2, -0.15) is 5.10 Å². The SMILES string of the molecule is CCc1cc2ncc(CN3CCN(c4ccc(NC(=O)c5cnn(C6CCN(c7ccc8c(c7)C(=O)N(C7CCC(=O)NC7=O)C8=O)CC6)c5)nc4)CC3)cc2[nH]c1=O. The molecule has 0 aliphatic carbocycles. The van der Waals surface area contributed by atoms with Gasteiger partial charge in [0.25, 0.3) is 23.3 Å². The van der Waals surface area contributed by atoms with Gasteiger partial charge in [0, 0.05) is 75.9 Å². The van der Waals surface area contributed by atoms with Gasteiger partial charge in [-0.25, -0.2) is 4.98 Å². The van der Waals surface area contributed by atoms with Crippen molar-refractivity contribution in [2.24, 2.45) is 0 Å². The zero-order chi connectivity index (χ0) is 40.8. The number of benzene rings is 1. The van der Waals surface area contributed by atoms with Crippen molar-refractivity contribution in [2.45, 2.75) is 57.7 Å². The van der Waals surface area contributed by atoms with E-state index >= 15 is 0 Å². The average Bonchev–Trinajstić information content (AvgIpc) is 3.84. The monoisotopic (exact) mass is 797 g/mol. The molecule has 0 radical (unpaired) electrons. The third-order valence-corrected chi connectivity index (χ3v) is 11.8. The summed E-state index contributed by atoms with van der Waals surface area (Å²) < 4.78 is 1.82. The zero-order valence-electron chi connectivity index (χ0n) is 32.5. The van der Waals surface area contributed by atoms with E-state index in [4.69, 9.17) is 0 Å². The van der Waals surface area contributed by atoms with Crippen LogP contribution in [0.15, 0.2) is 72.0 Å². The summed E-state index contributed by atoms with van der Waals surface area (Å²) in [6.07, 6.45) is 9.30. The molecule has 0 spiro atoms. The molecule has 302 valence electrons. The fourth-order valence-corrected chi connectivity index (χ4v) is 8.47. The molecule has 5 amide bonds. The Kier molecular flexibility index (Phi) is 9.96. The number of hydrogen-bond acceptors (Lipinski definition) is 12. The van der Waals surface area contributed by atoms with Gasteiger partial charge in [0.15, 0.2) is 0 Å². The number of H-pyrrole nitrogens is 1. The van der Waals surface area contributed by atoms with Crippen LogP contribution in [0.3, 0.4) is 0 Å². The summed E-state index contributed by atoms with van der Waals surface area (Å²) in [6.45, 7) is 7.39. The van der Waals surface area contributed by atoms with Crippen molar-refractivity contribution >= 4 is 57.8 Å². The highest BCUT2D eigenvalue weighted by molar-refractivity contribution is 6.23. The van der Waals surface area contributed by atoms with Crippen molar-refractivity contribution in [1.29, 1.82) is 0 Å². The first-order valence-corrected chi connectivity index (χ1v) is 20.0. The molecular formula is C42H43N11O6. The molecule has 0 saturated carbocycles. The number of imide groups is 2. The normalized spacial score (nSPS) is 19.1. The van der Waals surface area contributed by atoms with Gasteiger partial charge in [0.05, 0.1) is 51.8 Å². The topological polar surface area (TPSA) is 199 Å². The number of aromatic nitrogens is 5. The Morgan fingerprint density at radius 1 is 0.814 bits per heavy atom. The van der Waals surface area contributed by atoms with Crippen molar-refractivity contribution in [3.05, 3.63) is 105 Å². The predicted octanol–water partition coefficient (Wildman–Crippen LogP) is 2.89. The molecule has 3 saturated heterocycles. The van der Waals surface area contributed by atoms with Crippen LogP contribution in [0.2, 0.25) is 0 Å². The number of pyridine rings is 3. The minimum Gasteiger partial charge on any atom is -0.371 e. The van der Waals surface area contributed by atoms with Gasteiger partial charge in [0.2, 0.25) is 11.8 Å². The number of nitrogens with zero attached hydrogens (tertiary/aromatic N) is 8. The lowest BCUT2D eigenvalue weighted by Crippen LogP contribution is -2.54. The number of anilines is 3.